The molecule has 1 rings (SSSR count). The summed E-state index contributed by atoms with van der Waals surface area (Å²) in [5.74, 6) is -0.156. The first-order valence-corrected chi connectivity index (χ1v) is 9.75. The molecule has 6 nitrogen and oxygen atoms in total. The van der Waals surface area contributed by atoms with E-state index in [0.717, 1.165) is 6.42 Å². The molecular weight excluding hydrogens is 350 g/mol. The molecule has 0 fully saturated rings. The number of ether oxygens (including phenoxy) is 1. The number of nitrogens with zero attached hydrogens (tertiary/aromatic N) is 1. The molecular formula is C19H33N3O3S. The van der Waals surface area contributed by atoms with Gasteiger partial charge in [-0.05, 0) is 32.6 Å². The number of rotatable bonds is 9. The Balaban J connectivity index is 2.33. The van der Waals surface area contributed by atoms with E-state index in [1.807, 2.05) is 20.8 Å². The Hall–Kier alpha value is -1.44. The Kier molecular flexibility index (Phi) is 8.73. The van der Waals surface area contributed by atoms with Gasteiger partial charge in [0.1, 0.15) is 17.6 Å². The van der Waals surface area contributed by atoms with Gasteiger partial charge in [-0.2, -0.15) is 0 Å². The first kappa shape index (κ1) is 22.6. The number of carbonyl (C=O) groups is 1. The van der Waals surface area contributed by atoms with Crippen molar-refractivity contribution in [1.82, 2.24) is 15.6 Å². The summed E-state index contributed by atoms with van der Waals surface area (Å²) in [6.45, 7) is 13.7. The number of β-amino-alcohol motifs (C(OH)–C–C–N with tert-alkyl or cyclic N) is 1. The average Bonchev–Trinajstić information content (AvgIpc) is 2.97. The first-order valence-electron chi connectivity index (χ1n) is 8.94. The third-order valence-corrected chi connectivity index (χ3v) is 4.10. The van der Waals surface area contributed by atoms with E-state index in [2.05, 4.69) is 48.5 Å². The van der Waals surface area contributed by atoms with Crippen LogP contribution in [0.4, 0.5) is 0 Å². The van der Waals surface area contributed by atoms with E-state index in [0.29, 0.717) is 23.2 Å². The van der Waals surface area contributed by atoms with Gasteiger partial charge in [-0.3, -0.25) is 4.79 Å². The van der Waals surface area contributed by atoms with Crippen molar-refractivity contribution in [1.29, 1.82) is 0 Å². The number of aromatic nitrogens is 1. The lowest BCUT2D eigenvalue weighted by Gasteiger charge is -2.22. The Labute approximate surface area is 161 Å². The molecule has 0 spiro atoms. The van der Waals surface area contributed by atoms with Crippen molar-refractivity contribution in [3.05, 3.63) is 23.2 Å². The fourth-order valence-corrected chi connectivity index (χ4v) is 2.56. The van der Waals surface area contributed by atoms with Gasteiger partial charge in [-0.1, -0.05) is 44.3 Å². The molecule has 1 unspecified atom stereocenters. The van der Waals surface area contributed by atoms with Crippen LogP contribution in [-0.2, 0) is 0 Å². The number of hydrogen-bond acceptors (Lipinski definition) is 6. The van der Waals surface area contributed by atoms with Crippen LogP contribution < -0.4 is 15.4 Å². The Morgan fingerprint density at radius 1 is 1.35 bits per heavy atom. The number of hydrogen-bond donors (Lipinski definition) is 3. The first-order chi connectivity index (χ1) is 12.0. The molecule has 0 saturated heterocycles. The number of carbonyl (C=O) groups excluding carboxylic acids is 1. The largest absolute Gasteiger partial charge is 0.467 e. The zero-order valence-electron chi connectivity index (χ0n) is 16.8. The van der Waals surface area contributed by atoms with E-state index in [9.17, 15) is 9.90 Å². The molecule has 1 amide bonds. The lowest BCUT2D eigenvalue weighted by atomic mass is 9.96. The maximum atomic E-state index is 12.1. The number of aliphatic hydroxyl groups is 1. The molecule has 7 heteroatoms. The molecule has 0 aliphatic heterocycles. The van der Waals surface area contributed by atoms with Gasteiger partial charge >= 0.3 is 0 Å². The van der Waals surface area contributed by atoms with Crippen LogP contribution in [0.2, 0.25) is 0 Å². The number of amides is 1. The van der Waals surface area contributed by atoms with Gasteiger partial charge in [0.15, 0.2) is 0 Å². The predicted octanol–water partition coefficient (Wildman–Crippen LogP) is 2.99. The second kappa shape index (κ2) is 10.0. The minimum Gasteiger partial charge on any atom is -0.467 e. The van der Waals surface area contributed by atoms with Crippen molar-refractivity contribution in [3.63, 3.8) is 0 Å². The molecule has 148 valence electrons. The van der Waals surface area contributed by atoms with E-state index in [1.54, 1.807) is 0 Å². The van der Waals surface area contributed by atoms with E-state index in [-0.39, 0.29) is 23.5 Å². The molecule has 1 heterocycles. The molecule has 0 aliphatic rings. The third-order valence-electron chi connectivity index (χ3n) is 3.19. The smallest absolute Gasteiger partial charge is 0.273 e. The molecule has 3 N–H and O–H groups in total. The second-order valence-electron chi connectivity index (χ2n) is 8.40. The number of allylic oxidation sites excluding steroid dienone is 1. The lowest BCUT2D eigenvalue weighted by Crippen LogP contribution is -2.42. The SMILES string of the molecule is CC(C)(C)/C=C\CCNC(=O)c1cnc(OCC(O)CNC(C)(C)C)s1. The quantitative estimate of drug-likeness (QED) is 0.451. The van der Waals surface area contributed by atoms with Crippen LogP contribution in [0, 0.1) is 5.41 Å². The molecule has 1 aromatic heterocycles. The van der Waals surface area contributed by atoms with E-state index in [4.69, 9.17) is 4.74 Å². The van der Waals surface area contributed by atoms with Crippen LogP contribution in [0.15, 0.2) is 18.3 Å². The maximum absolute atomic E-state index is 12.1. The van der Waals surface area contributed by atoms with Crippen molar-refractivity contribution in [2.24, 2.45) is 5.41 Å². The van der Waals surface area contributed by atoms with E-state index in [1.165, 1.54) is 17.5 Å². The highest BCUT2D eigenvalue weighted by atomic mass is 32.1. The van der Waals surface area contributed by atoms with Crippen molar-refractivity contribution < 1.29 is 14.6 Å². The third kappa shape index (κ3) is 10.5. The van der Waals surface area contributed by atoms with Gasteiger partial charge in [0.2, 0.25) is 0 Å². The molecule has 1 atom stereocenters. The molecule has 0 saturated carbocycles. The zero-order chi connectivity index (χ0) is 19.8. The fraction of sp³-hybridized carbons (Fsp3) is 0.684. The van der Waals surface area contributed by atoms with E-state index < -0.39 is 6.10 Å². The van der Waals surface area contributed by atoms with Crippen molar-refractivity contribution >= 4 is 17.2 Å². The minimum absolute atomic E-state index is 0.0600. The summed E-state index contributed by atoms with van der Waals surface area (Å²) in [5.41, 5.74) is 0.0936. The second-order valence-corrected chi connectivity index (χ2v) is 9.39. The van der Waals surface area contributed by atoms with Crippen molar-refractivity contribution in [2.45, 2.75) is 59.6 Å². The van der Waals surface area contributed by atoms with Crippen molar-refractivity contribution in [3.8, 4) is 5.19 Å². The lowest BCUT2D eigenvalue weighted by molar-refractivity contribution is 0.0958. The van der Waals surface area contributed by atoms with Gasteiger partial charge < -0.3 is 20.5 Å². The van der Waals surface area contributed by atoms with Gasteiger partial charge in [0, 0.05) is 18.6 Å². The van der Waals surface area contributed by atoms with Crippen LogP contribution in [-0.4, -0.2) is 47.3 Å². The van der Waals surface area contributed by atoms with Crippen LogP contribution in [0.25, 0.3) is 0 Å². The number of thiazole rings is 1. The highest BCUT2D eigenvalue weighted by molar-refractivity contribution is 7.15. The van der Waals surface area contributed by atoms with Gasteiger partial charge in [0.05, 0.1) is 6.20 Å². The molecule has 0 aliphatic carbocycles. The van der Waals surface area contributed by atoms with Gasteiger partial charge in [-0.25, -0.2) is 4.98 Å². The Bertz CT molecular complexity index is 586. The summed E-state index contributed by atoms with van der Waals surface area (Å²) >= 11 is 1.18. The summed E-state index contributed by atoms with van der Waals surface area (Å²) < 4.78 is 5.47. The average molecular weight is 384 g/mol. The van der Waals surface area contributed by atoms with Gasteiger partial charge in [0.25, 0.3) is 11.1 Å². The summed E-state index contributed by atoms with van der Waals surface area (Å²) in [6, 6.07) is 0. The number of aliphatic hydroxyl groups excluding tert-OH is 1. The number of nitrogens with one attached hydrogen (secondary N) is 2. The topological polar surface area (TPSA) is 83.5 Å². The maximum Gasteiger partial charge on any atom is 0.273 e. The zero-order valence-corrected chi connectivity index (χ0v) is 17.6. The Morgan fingerprint density at radius 3 is 2.65 bits per heavy atom. The predicted molar refractivity (Wildman–Crippen MR) is 107 cm³/mol. The van der Waals surface area contributed by atoms with Crippen LogP contribution >= 0.6 is 11.3 Å². The monoisotopic (exact) mass is 383 g/mol. The van der Waals surface area contributed by atoms with Crippen molar-refractivity contribution in [2.75, 3.05) is 19.7 Å². The molecule has 26 heavy (non-hydrogen) atoms. The van der Waals surface area contributed by atoms with Crippen LogP contribution in [0.5, 0.6) is 5.19 Å². The summed E-state index contributed by atoms with van der Waals surface area (Å²) in [7, 11) is 0. The minimum atomic E-state index is -0.634. The summed E-state index contributed by atoms with van der Waals surface area (Å²) in [5, 5.41) is 16.4. The summed E-state index contributed by atoms with van der Waals surface area (Å²) in [4.78, 5) is 16.7. The molecule has 1 aromatic rings. The summed E-state index contributed by atoms with van der Waals surface area (Å²) in [6.07, 6.45) is 5.87. The highest BCUT2D eigenvalue weighted by Crippen LogP contribution is 2.20. The molecule has 0 aromatic carbocycles. The normalized spacial score (nSPS) is 13.8. The highest BCUT2D eigenvalue weighted by Gasteiger charge is 2.15. The standard InChI is InChI=1S/C19H33N3O3S/c1-18(2,3)9-7-8-10-20-16(24)15-12-21-17(26-15)25-13-14(23)11-22-19(4,5)6/h7,9,12,14,22-23H,8,10-11,13H2,1-6H3,(H,20,24)/b9-7-. The van der Waals surface area contributed by atoms with Gasteiger partial charge in [-0.15, -0.1) is 0 Å². The fourth-order valence-electron chi connectivity index (χ4n) is 1.87. The Morgan fingerprint density at radius 2 is 2.04 bits per heavy atom. The van der Waals surface area contributed by atoms with Crippen LogP contribution in [0.1, 0.15) is 57.6 Å². The molecule has 0 bridgehead atoms. The van der Waals surface area contributed by atoms with E-state index >= 15 is 0 Å². The van der Waals surface area contributed by atoms with Crippen LogP contribution in [0.3, 0.4) is 0 Å². The molecule has 0 radical (unpaired) electrons.